The molecule has 2 saturated heterocycles. The van der Waals surface area contributed by atoms with Crippen molar-refractivity contribution in [3.05, 3.63) is 0 Å². The first-order chi connectivity index (χ1) is 5.77. The predicted molar refractivity (Wildman–Crippen MR) is 45.9 cm³/mol. The zero-order valence-electron chi connectivity index (χ0n) is 7.75. The molecule has 0 bridgehead atoms. The lowest BCUT2D eigenvalue weighted by atomic mass is 10.1. The van der Waals surface area contributed by atoms with Crippen LogP contribution in [0.5, 0.6) is 0 Å². The maximum absolute atomic E-state index is 5.76. The van der Waals surface area contributed by atoms with Gasteiger partial charge in [0.15, 0.2) is 6.29 Å². The average molecular weight is 171 g/mol. The summed E-state index contributed by atoms with van der Waals surface area (Å²) in [7, 11) is 0. The van der Waals surface area contributed by atoms with Gasteiger partial charge in [0.2, 0.25) is 0 Å². The van der Waals surface area contributed by atoms with Crippen LogP contribution in [0, 0.1) is 5.92 Å². The monoisotopic (exact) mass is 171 g/mol. The summed E-state index contributed by atoms with van der Waals surface area (Å²) in [5.74, 6) is 0.468. The van der Waals surface area contributed by atoms with Gasteiger partial charge in [0.1, 0.15) is 0 Å². The average Bonchev–Trinajstić information content (AvgIpc) is 2.46. The Balaban J connectivity index is 1.94. The van der Waals surface area contributed by atoms with Crippen molar-refractivity contribution in [3.8, 4) is 0 Å². The quantitative estimate of drug-likeness (QED) is 0.631. The molecule has 2 aliphatic rings. The lowest BCUT2D eigenvalue weighted by Gasteiger charge is -2.22. The van der Waals surface area contributed by atoms with E-state index in [1.165, 1.54) is 0 Å². The van der Waals surface area contributed by atoms with Crippen LogP contribution in [0.15, 0.2) is 0 Å². The molecule has 2 heterocycles. The molecule has 2 fully saturated rings. The molecule has 0 amide bonds. The van der Waals surface area contributed by atoms with E-state index in [1.54, 1.807) is 0 Å². The van der Waals surface area contributed by atoms with Crippen LogP contribution in [0.4, 0.5) is 0 Å². The van der Waals surface area contributed by atoms with Crippen LogP contribution < -0.4 is 5.32 Å². The second-order valence-electron chi connectivity index (χ2n) is 3.95. The number of piperidine rings is 1. The number of hydrogen-bond acceptors (Lipinski definition) is 3. The van der Waals surface area contributed by atoms with Gasteiger partial charge in [0.25, 0.3) is 0 Å². The summed E-state index contributed by atoms with van der Waals surface area (Å²) in [6.45, 7) is 6.29. The van der Waals surface area contributed by atoms with Crippen LogP contribution in [0.3, 0.4) is 0 Å². The van der Waals surface area contributed by atoms with Gasteiger partial charge < -0.3 is 14.8 Å². The van der Waals surface area contributed by atoms with Gasteiger partial charge in [-0.25, -0.2) is 0 Å². The van der Waals surface area contributed by atoms with E-state index in [1.807, 2.05) is 0 Å². The number of ether oxygens (including phenoxy) is 2. The van der Waals surface area contributed by atoms with E-state index in [0.717, 1.165) is 19.5 Å². The highest BCUT2D eigenvalue weighted by Crippen LogP contribution is 2.27. The van der Waals surface area contributed by atoms with Gasteiger partial charge in [0.05, 0.1) is 12.2 Å². The molecular formula is C9H17NO2. The van der Waals surface area contributed by atoms with Gasteiger partial charge in [-0.2, -0.15) is 0 Å². The molecule has 0 saturated carbocycles. The van der Waals surface area contributed by atoms with Crippen LogP contribution in [-0.2, 0) is 9.47 Å². The molecule has 0 spiro atoms. The molecular weight excluding hydrogens is 154 g/mol. The van der Waals surface area contributed by atoms with Crippen molar-refractivity contribution in [3.63, 3.8) is 0 Å². The first kappa shape index (κ1) is 8.48. The van der Waals surface area contributed by atoms with E-state index in [2.05, 4.69) is 19.2 Å². The molecule has 2 aliphatic heterocycles. The molecule has 0 aromatic carbocycles. The maximum atomic E-state index is 5.76. The lowest BCUT2D eigenvalue weighted by Crippen LogP contribution is -2.41. The van der Waals surface area contributed by atoms with Gasteiger partial charge in [-0.1, -0.05) is 13.8 Å². The first-order valence-electron chi connectivity index (χ1n) is 4.79. The van der Waals surface area contributed by atoms with E-state index < -0.39 is 0 Å². The highest BCUT2D eigenvalue weighted by Gasteiger charge is 2.38. The zero-order chi connectivity index (χ0) is 8.55. The van der Waals surface area contributed by atoms with Gasteiger partial charge in [-0.3, -0.25) is 0 Å². The highest BCUT2D eigenvalue weighted by molar-refractivity contribution is 4.84. The fourth-order valence-corrected chi connectivity index (χ4v) is 1.79. The molecule has 0 aromatic heterocycles. The smallest absolute Gasteiger partial charge is 0.160 e. The van der Waals surface area contributed by atoms with E-state index in [0.29, 0.717) is 18.1 Å². The highest BCUT2D eigenvalue weighted by atomic mass is 16.7. The number of hydrogen-bond donors (Lipinski definition) is 1. The summed E-state index contributed by atoms with van der Waals surface area (Å²) in [5.41, 5.74) is 0. The minimum atomic E-state index is 0.0277. The Morgan fingerprint density at radius 3 is 2.67 bits per heavy atom. The van der Waals surface area contributed by atoms with Crippen molar-refractivity contribution in [1.29, 1.82) is 0 Å². The molecule has 0 aliphatic carbocycles. The number of rotatable bonds is 1. The summed E-state index contributed by atoms with van der Waals surface area (Å²) < 4.78 is 11.5. The Hall–Kier alpha value is -0.120. The van der Waals surface area contributed by atoms with Crippen molar-refractivity contribution >= 4 is 0 Å². The molecule has 0 aromatic rings. The Morgan fingerprint density at radius 1 is 1.25 bits per heavy atom. The third-order valence-corrected chi connectivity index (χ3v) is 2.53. The molecule has 1 N–H and O–H groups in total. The van der Waals surface area contributed by atoms with Crippen LogP contribution in [0.1, 0.15) is 20.3 Å². The van der Waals surface area contributed by atoms with Crippen molar-refractivity contribution in [2.24, 2.45) is 5.92 Å². The molecule has 3 nitrogen and oxygen atoms in total. The van der Waals surface area contributed by atoms with Crippen LogP contribution >= 0.6 is 0 Å². The second kappa shape index (κ2) is 3.32. The van der Waals surface area contributed by atoms with Crippen molar-refractivity contribution in [1.82, 2.24) is 5.32 Å². The third-order valence-electron chi connectivity index (χ3n) is 2.53. The summed E-state index contributed by atoms with van der Waals surface area (Å²) in [6, 6.07) is 0. The van der Waals surface area contributed by atoms with E-state index >= 15 is 0 Å². The SMILES string of the molecule is CC(C)C1OC2CCNCC2O1. The zero-order valence-corrected chi connectivity index (χ0v) is 7.75. The maximum Gasteiger partial charge on any atom is 0.160 e. The van der Waals surface area contributed by atoms with E-state index in [4.69, 9.17) is 9.47 Å². The van der Waals surface area contributed by atoms with Crippen LogP contribution in [-0.4, -0.2) is 31.6 Å². The Kier molecular flexibility index (Phi) is 2.35. The largest absolute Gasteiger partial charge is 0.346 e. The summed E-state index contributed by atoms with van der Waals surface area (Å²) >= 11 is 0. The Morgan fingerprint density at radius 2 is 2.00 bits per heavy atom. The standard InChI is InChI=1S/C9H17NO2/c1-6(2)9-11-7-3-4-10-5-8(7)12-9/h6-10H,3-5H2,1-2H3. The number of fused-ring (bicyclic) bond motifs is 1. The molecule has 3 atom stereocenters. The molecule has 2 rings (SSSR count). The fourth-order valence-electron chi connectivity index (χ4n) is 1.79. The minimum Gasteiger partial charge on any atom is -0.346 e. The minimum absolute atomic E-state index is 0.0277. The predicted octanol–water partition coefficient (Wildman–Crippen LogP) is 0.746. The molecule has 70 valence electrons. The first-order valence-corrected chi connectivity index (χ1v) is 4.79. The lowest BCUT2D eigenvalue weighted by molar-refractivity contribution is -0.0933. The van der Waals surface area contributed by atoms with Gasteiger partial charge in [-0.05, 0) is 13.0 Å². The van der Waals surface area contributed by atoms with Gasteiger partial charge in [0, 0.05) is 12.5 Å². The normalized spacial score (nSPS) is 41.8. The van der Waals surface area contributed by atoms with Crippen LogP contribution in [0.25, 0.3) is 0 Å². The Labute approximate surface area is 73.4 Å². The molecule has 3 unspecified atom stereocenters. The Bertz CT molecular complexity index is 147. The van der Waals surface area contributed by atoms with Gasteiger partial charge in [-0.15, -0.1) is 0 Å². The second-order valence-corrected chi connectivity index (χ2v) is 3.95. The van der Waals surface area contributed by atoms with E-state index in [-0.39, 0.29) is 6.29 Å². The summed E-state index contributed by atoms with van der Waals surface area (Å²) in [4.78, 5) is 0. The molecule has 0 radical (unpaired) electrons. The molecule has 3 heteroatoms. The number of nitrogens with one attached hydrogen (secondary N) is 1. The fraction of sp³-hybridized carbons (Fsp3) is 1.00. The van der Waals surface area contributed by atoms with Crippen molar-refractivity contribution < 1.29 is 9.47 Å². The molecule has 12 heavy (non-hydrogen) atoms. The topological polar surface area (TPSA) is 30.5 Å². The van der Waals surface area contributed by atoms with E-state index in [9.17, 15) is 0 Å². The van der Waals surface area contributed by atoms with Crippen LogP contribution in [0.2, 0.25) is 0 Å². The van der Waals surface area contributed by atoms with Crippen molar-refractivity contribution in [2.45, 2.75) is 38.8 Å². The van der Waals surface area contributed by atoms with Crippen molar-refractivity contribution in [2.75, 3.05) is 13.1 Å². The third kappa shape index (κ3) is 1.49. The summed E-state index contributed by atoms with van der Waals surface area (Å²) in [5, 5.41) is 3.31. The summed E-state index contributed by atoms with van der Waals surface area (Å²) in [6.07, 6.45) is 1.76. The van der Waals surface area contributed by atoms with Gasteiger partial charge >= 0.3 is 0 Å².